The van der Waals surface area contributed by atoms with Crippen molar-refractivity contribution in [2.45, 2.75) is 39.3 Å². The third-order valence-electron chi connectivity index (χ3n) is 3.08. The average Bonchev–Trinajstić information content (AvgIpc) is 2.28. The maximum atomic E-state index is 5.64. The highest BCUT2D eigenvalue weighted by Crippen LogP contribution is 2.15. The van der Waals surface area contributed by atoms with Crippen LogP contribution in [0, 0.1) is 12.8 Å². The smallest absolute Gasteiger partial charge is 0.0763 e. The normalized spacial score (nSPS) is 14.9. The third-order valence-corrected chi connectivity index (χ3v) is 3.08. The van der Waals surface area contributed by atoms with Crippen molar-refractivity contribution in [2.24, 2.45) is 11.8 Å². The van der Waals surface area contributed by atoms with Gasteiger partial charge in [-0.05, 0) is 24.8 Å². The van der Waals surface area contributed by atoms with Crippen LogP contribution in [0.4, 0.5) is 0 Å². The highest BCUT2D eigenvalue weighted by molar-refractivity contribution is 5.23. The lowest BCUT2D eigenvalue weighted by molar-refractivity contribution is 0.0332. The number of aryl methyl sites for hydroxylation is 1. The number of benzene rings is 1. The minimum absolute atomic E-state index is 0.125. The molecule has 3 N–H and O–H groups in total. The van der Waals surface area contributed by atoms with Crippen molar-refractivity contribution in [3.05, 3.63) is 35.4 Å². The Morgan fingerprint density at radius 2 is 2.06 bits per heavy atom. The van der Waals surface area contributed by atoms with Crippen molar-refractivity contribution in [1.82, 2.24) is 5.43 Å². The van der Waals surface area contributed by atoms with Gasteiger partial charge in [-0.1, -0.05) is 43.7 Å². The summed E-state index contributed by atoms with van der Waals surface area (Å²) < 4.78 is 5.52. The van der Waals surface area contributed by atoms with Crippen LogP contribution in [-0.2, 0) is 11.2 Å². The molecule has 0 aromatic heterocycles. The highest BCUT2D eigenvalue weighted by Gasteiger charge is 2.23. The van der Waals surface area contributed by atoms with Gasteiger partial charge < -0.3 is 4.74 Å². The number of ether oxygens (including phenoxy) is 1. The number of nitrogens with one attached hydrogen (secondary N) is 1. The number of hydrogen-bond donors (Lipinski definition) is 2. The summed E-state index contributed by atoms with van der Waals surface area (Å²) in [5.41, 5.74) is 5.44. The van der Waals surface area contributed by atoms with E-state index in [2.05, 4.69) is 50.5 Å². The SMILES string of the molecule is COC(C(C)C)C(Cc1cccc(C)c1)NN. The van der Waals surface area contributed by atoms with Crippen LogP contribution in [0.25, 0.3) is 0 Å². The van der Waals surface area contributed by atoms with Gasteiger partial charge in [-0.3, -0.25) is 11.3 Å². The van der Waals surface area contributed by atoms with E-state index in [1.165, 1.54) is 11.1 Å². The van der Waals surface area contributed by atoms with E-state index in [1.54, 1.807) is 7.11 Å². The Hall–Kier alpha value is -0.900. The molecule has 0 spiro atoms. The zero-order valence-electron chi connectivity index (χ0n) is 11.2. The summed E-state index contributed by atoms with van der Waals surface area (Å²) in [4.78, 5) is 0. The van der Waals surface area contributed by atoms with E-state index in [9.17, 15) is 0 Å². The van der Waals surface area contributed by atoms with Crippen molar-refractivity contribution in [3.8, 4) is 0 Å². The molecule has 2 atom stereocenters. The second-order valence-electron chi connectivity index (χ2n) is 4.91. The van der Waals surface area contributed by atoms with Gasteiger partial charge in [0.2, 0.25) is 0 Å². The Bertz CT molecular complexity index is 339. The molecule has 0 saturated carbocycles. The van der Waals surface area contributed by atoms with Gasteiger partial charge in [0, 0.05) is 7.11 Å². The second-order valence-corrected chi connectivity index (χ2v) is 4.91. The summed E-state index contributed by atoms with van der Waals surface area (Å²) in [5.74, 6) is 6.08. The van der Waals surface area contributed by atoms with Gasteiger partial charge >= 0.3 is 0 Å². The Labute approximate surface area is 104 Å². The van der Waals surface area contributed by atoms with Gasteiger partial charge in [0.25, 0.3) is 0 Å². The molecule has 1 rings (SSSR count). The molecule has 0 heterocycles. The molecule has 96 valence electrons. The minimum atomic E-state index is 0.125. The average molecular weight is 236 g/mol. The van der Waals surface area contributed by atoms with Crippen molar-refractivity contribution in [3.63, 3.8) is 0 Å². The summed E-state index contributed by atoms with van der Waals surface area (Å²) in [7, 11) is 1.74. The first-order valence-electron chi connectivity index (χ1n) is 6.13. The Morgan fingerprint density at radius 1 is 1.35 bits per heavy atom. The molecule has 3 nitrogen and oxygen atoms in total. The van der Waals surface area contributed by atoms with E-state index in [0.717, 1.165) is 6.42 Å². The molecule has 0 radical (unpaired) electrons. The molecule has 0 amide bonds. The third kappa shape index (κ3) is 4.11. The predicted octanol–water partition coefficient (Wildman–Crippen LogP) is 2.04. The summed E-state index contributed by atoms with van der Waals surface area (Å²) in [6, 6.07) is 8.64. The molecule has 0 aliphatic carbocycles. The number of hydrazine groups is 1. The van der Waals surface area contributed by atoms with Crippen LogP contribution < -0.4 is 11.3 Å². The molecule has 1 aromatic rings. The molecule has 2 unspecified atom stereocenters. The first-order chi connectivity index (χ1) is 8.08. The maximum absolute atomic E-state index is 5.64. The Balaban J connectivity index is 2.75. The van der Waals surface area contributed by atoms with Crippen LogP contribution in [0.2, 0.25) is 0 Å². The topological polar surface area (TPSA) is 47.3 Å². The molecule has 0 aliphatic heterocycles. The molecule has 0 fully saturated rings. The fourth-order valence-corrected chi connectivity index (χ4v) is 2.26. The number of hydrogen-bond acceptors (Lipinski definition) is 3. The first-order valence-corrected chi connectivity index (χ1v) is 6.13. The van der Waals surface area contributed by atoms with E-state index in [1.807, 2.05) is 0 Å². The number of methoxy groups -OCH3 is 1. The van der Waals surface area contributed by atoms with Gasteiger partial charge in [0.1, 0.15) is 0 Å². The van der Waals surface area contributed by atoms with Crippen LogP contribution in [0.5, 0.6) is 0 Å². The number of nitrogens with two attached hydrogens (primary N) is 1. The van der Waals surface area contributed by atoms with Crippen LogP contribution in [0.1, 0.15) is 25.0 Å². The van der Waals surface area contributed by atoms with Crippen LogP contribution in [0.15, 0.2) is 24.3 Å². The fourth-order valence-electron chi connectivity index (χ4n) is 2.26. The Kier molecular flexibility index (Phi) is 5.62. The maximum Gasteiger partial charge on any atom is 0.0763 e. The van der Waals surface area contributed by atoms with E-state index in [-0.39, 0.29) is 12.1 Å². The van der Waals surface area contributed by atoms with Gasteiger partial charge in [-0.15, -0.1) is 0 Å². The standard InChI is InChI=1S/C14H24N2O/c1-10(2)14(17-4)13(16-15)9-12-7-5-6-11(3)8-12/h5-8,10,13-14,16H,9,15H2,1-4H3. The summed E-state index contributed by atoms with van der Waals surface area (Å²) >= 11 is 0. The molecular formula is C14H24N2O. The van der Waals surface area contributed by atoms with E-state index >= 15 is 0 Å². The van der Waals surface area contributed by atoms with Gasteiger partial charge in [0.05, 0.1) is 12.1 Å². The van der Waals surface area contributed by atoms with Crippen LogP contribution >= 0.6 is 0 Å². The quantitative estimate of drug-likeness (QED) is 0.587. The van der Waals surface area contributed by atoms with Gasteiger partial charge in [-0.25, -0.2) is 0 Å². The molecule has 0 bridgehead atoms. The summed E-state index contributed by atoms with van der Waals surface area (Å²) in [5, 5.41) is 0. The lowest BCUT2D eigenvalue weighted by Crippen LogP contribution is -2.48. The predicted molar refractivity (Wildman–Crippen MR) is 71.6 cm³/mol. The van der Waals surface area contributed by atoms with Crippen molar-refractivity contribution >= 4 is 0 Å². The highest BCUT2D eigenvalue weighted by atomic mass is 16.5. The fraction of sp³-hybridized carbons (Fsp3) is 0.571. The summed E-state index contributed by atoms with van der Waals surface area (Å²) in [6.07, 6.45) is 1.01. The second kappa shape index (κ2) is 6.74. The van der Waals surface area contributed by atoms with Crippen LogP contribution in [-0.4, -0.2) is 19.3 Å². The molecule has 1 aromatic carbocycles. The minimum Gasteiger partial charge on any atom is -0.380 e. The largest absolute Gasteiger partial charge is 0.380 e. The van der Waals surface area contributed by atoms with Crippen LogP contribution in [0.3, 0.4) is 0 Å². The lowest BCUT2D eigenvalue weighted by Gasteiger charge is -2.28. The van der Waals surface area contributed by atoms with Crippen molar-refractivity contribution in [2.75, 3.05) is 7.11 Å². The first kappa shape index (κ1) is 14.2. The summed E-state index contributed by atoms with van der Waals surface area (Å²) in [6.45, 7) is 6.40. The van der Waals surface area contributed by atoms with Gasteiger partial charge in [-0.2, -0.15) is 0 Å². The zero-order chi connectivity index (χ0) is 12.8. The Morgan fingerprint density at radius 3 is 2.53 bits per heavy atom. The van der Waals surface area contributed by atoms with E-state index in [0.29, 0.717) is 5.92 Å². The molecule has 0 saturated heterocycles. The molecular weight excluding hydrogens is 212 g/mol. The zero-order valence-corrected chi connectivity index (χ0v) is 11.2. The lowest BCUT2D eigenvalue weighted by atomic mass is 9.94. The van der Waals surface area contributed by atoms with Crippen molar-refractivity contribution < 1.29 is 4.74 Å². The number of rotatable bonds is 6. The molecule has 3 heteroatoms. The monoisotopic (exact) mass is 236 g/mol. The van der Waals surface area contributed by atoms with E-state index in [4.69, 9.17) is 10.6 Å². The molecule has 0 aliphatic rings. The van der Waals surface area contributed by atoms with Crippen molar-refractivity contribution in [1.29, 1.82) is 0 Å². The van der Waals surface area contributed by atoms with Gasteiger partial charge in [0.15, 0.2) is 0 Å². The molecule has 17 heavy (non-hydrogen) atoms. The van der Waals surface area contributed by atoms with E-state index < -0.39 is 0 Å².